The van der Waals surface area contributed by atoms with Crippen LogP contribution in [-0.4, -0.2) is 50.0 Å². The van der Waals surface area contributed by atoms with Crippen molar-refractivity contribution in [2.24, 2.45) is 0 Å². The van der Waals surface area contributed by atoms with E-state index in [9.17, 15) is 5.11 Å². The van der Waals surface area contributed by atoms with Crippen molar-refractivity contribution in [3.8, 4) is 17.2 Å². The SMILES string of the molecule is COc1cc(CN2CCOCC2C)cc(OC)c1O. The Morgan fingerprint density at radius 2 is 1.95 bits per heavy atom. The van der Waals surface area contributed by atoms with Gasteiger partial charge < -0.3 is 19.3 Å². The zero-order valence-corrected chi connectivity index (χ0v) is 11.7. The monoisotopic (exact) mass is 267 g/mol. The van der Waals surface area contributed by atoms with E-state index < -0.39 is 0 Å². The Balaban J connectivity index is 2.19. The van der Waals surface area contributed by atoms with Gasteiger partial charge in [-0.3, -0.25) is 4.90 Å². The minimum atomic E-state index is 0.0452. The van der Waals surface area contributed by atoms with Crippen molar-refractivity contribution >= 4 is 0 Å². The van der Waals surface area contributed by atoms with Crippen molar-refractivity contribution in [2.75, 3.05) is 34.0 Å². The second kappa shape index (κ2) is 6.12. The molecular weight excluding hydrogens is 246 g/mol. The third-order valence-corrected chi connectivity index (χ3v) is 3.43. The van der Waals surface area contributed by atoms with Crippen molar-refractivity contribution in [1.82, 2.24) is 4.90 Å². The number of hydrogen-bond acceptors (Lipinski definition) is 5. The summed E-state index contributed by atoms with van der Waals surface area (Å²) in [5, 5.41) is 9.89. The predicted molar refractivity (Wildman–Crippen MR) is 71.9 cm³/mol. The molecule has 1 aliphatic heterocycles. The lowest BCUT2D eigenvalue weighted by atomic mass is 10.1. The van der Waals surface area contributed by atoms with Gasteiger partial charge in [0.05, 0.1) is 27.4 Å². The first-order valence-electron chi connectivity index (χ1n) is 6.41. The fourth-order valence-electron chi connectivity index (χ4n) is 2.27. The summed E-state index contributed by atoms with van der Waals surface area (Å²) in [5.41, 5.74) is 1.06. The Morgan fingerprint density at radius 1 is 1.32 bits per heavy atom. The standard InChI is InChI=1S/C14H21NO4/c1-10-9-19-5-4-15(10)8-11-6-12(17-2)14(16)13(7-11)18-3/h6-7,10,16H,4-5,8-9H2,1-3H3. The van der Waals surface area contributed by atoms with E-state index in [1.54, 1.807) is 0 Å². The van der Waals surface area contributed by atoms with Crippen LogP contribution in [0.2, 0.25) is 0 Å². The molecule has 1 saturated heterocycles. The molecule has 19 heavy (non-hydrogen) atoms. The Kier molecular flexibility index (Phi) is 4.50. The van der Waals surface area contributed by atoms with E-state index in [-0.39, 0.29) is 5.75 Å². The summed E-state index contributed by atoms with van der Waals surface area (Å²) in [6, 6.07) is 4.08. The number of ether oxygens (including phenoxy) is 3. The van der Waals surface area contributed by atoms with Crippen molar-refractivity contribution in [3.63, 3.8) is 0 Å². The van der Waals surface area contributed by atoms with Crippen LogP contribution in [-0.2, 0) is 11.3 Å². The Bertz CT molecular complexity index is 410. The number of morpholine rings is 1. The van der Waals surface area contributed by atoms with Gasteiger partial charge in [0.25, 0.3) is 0 Å². The summed E-state index contributed by atoms with van der Waals surface area (Å²) < 4.78 is 15.8. The molecule has 1 aliphatic rings. The highest BCUT2D eigenvalue weighted by molar-refractivity contribution is 5.52. The summed E-state index contributed by atoms with van der Waals surface area (Å²) in [4.78, 5) is 2.34. The van der Waals surface area contributed by atoms with Crippen LogP contribution in [0.3, 0.4) is 0 Å². The summed E-state index contributed by atoms with van der Waals surface area (Å²) in [7, 11) is 3.07. The van der Waals surface area contributed by atoms with E-state index in [1.165, 1.54) is 14.2 Å². The van der Waals surface area contributed by atoms with Crippen LogP contribution in [0.25, 0.3) is 0 Å². The van der Waals surface area contributed by atoms with Gasteiger partial charge in [0, 0.05) is 19.1 Å². The van der Waals surface area contributed by atoms with Gasteiger partial charge in [-0.25, -0.2) is 0 Å². The minimum Gasteiger partial charge on any atom is -0.502 e. The molecule has 0 radical (unpaired) electrons. The second-order valence-electron chi connectivity index (χ2n) is 4.74. The maximum Gasteiger partial charge on any atom is 0.200 e. The molecule has 1 N–H and O–H groups in total. The maximum atomic E-state index is 9.89. The fourth-order valence-corrected chi connectivity index (χ4v) is 2.27. The van der Waals surface area contributed by atoms with E-state index in [4.69, 9.17) is 14.2 Å². The van der Waals surface area contributed by atoms with Crippen molar-refractivity contribution in [1.29, 1.82) is 0 Å². The number of benzene rings is 1. The molecule has 0 aliphatic carbocycles. The highest BCUT2D eigenvalue weighted by Crippen LogP contribution is 2.37. The molecule has 0 saturated carbocycles. The first-order valence-corrected chi connectivity index (χ1v) is 6.41. The minimum absolute atomic E-state index is 0.0452. The van der Waals surface area contributed by atoms with E-state index in [0.717, 1.165) is 31.9 Å². The molecule has 1 aromatic carbocycles. The molecule has 0 aromatic heterocycles. The number of hydrogen-bond donors (Lipinski definition) is 1. The molecule has 106 valence electrons. The molecule has 2 rings (SSSR count). The third-order valence-electron chi connectivity index (χ3n) is 3.43. The van der Waals surface area contributed by atoms with Crippen LogP contribution in [0.4, 0.5) is 0 Å². The van der Waals surface area contributed by atoms with Gasteiger partial charge in [-0.05, 0) is 24.6 Å². The number of aromatic hydroxyl groups is 1. The average Bonchev–Trinajstić information content (AvgIpc) is 2.43. The maximum absolute atomic E-state index is 9.89. The molecule has 0 spiro atoms. The molecular formula is C14H21NO4. The van der Waals surface area contributed by atoms with Crippen molar-refractivity contribution in [3.05, 3.63) is 17.7 Å². The number of phenols is 1. The highest BCUT2D eigenvalue weighted by atomic mass is 16.5. The molecule has 1 aromatic rings. The Hall–Kier alpha value is -1.46. The van der Waals surface area contributed by atoms with Gasteiger partial charge in [0.1, 0.15) is 0 Å². The summed E-state index contributed by atoms with van der Waals surface area (Å²) >= 11 is 0. The van der Waals surface area contributed by atoms with Crippen molar-refractivity contribution in [2.45, 2.75) is 19.5 Å². The van der Waals surface area contributed by atoms with E-state index in [1.807, 2.05) is 12.1 Å². The van der Waals surface area contributed by atoms with Crippen LogP contribution in [0.15, 0.2) is 12.1 Å². The predicted octanol–water partition coefficient (Wildman–Crippen LogP) is 1.63. The lowest BCUT2D eigenvalue weighted by molar-refractivity contribution is -0.00441. The summed E-state index contributed by atoms with van der Waals surface area (Å²) in [6.07, 6.45) is 0. The fraction of sp³-hybridized carbons (Fsp3) is 0.571. The Labute approximate surface area is 113 Å². The van der Waals surface area contributed by atoms with Gasteiger partial charge in [-0.2, -0.15) is 0 Å². The normalized spacial score (nSPS) is 20.3. The number of rotatable bonds is 4. The van der Waals surface area contributed by atoms with Gasteiger partial charge in [-0.1, -0.05) is 0 Å². The lowest BCUT2D eigenvalue weighted by Crippen LogP contribution is -2.42. The van der Waals surface area contributed by atoms with Crippen LogP contribution in [0.5, 0.6) is 17.2 Å². The van der Waals surface area contributed by atoms with Gasteiger partial charge in [-0.15, -0.1) is 0 Å². The topological polar surface area (TPSA) is 51.2 Å². The van der Waals surface area contributed by atoms with E-state index in [2.05, 4.69) is 11.8 Å². The molecule has 1 heterocycles. The number of nitrogens with zero attached hydrogens (tertiary/aromatic N) is 1. The number of methoxy groups -OCH3 is 2. The average molecular weight is 267 g/mol. The highest BCUT2D eigenvalue weighted by Gasteiger charge is 2.20. The van der Waals surface area contributed by atoms with Crippen LogP contribution in [0, 0.1) is 0 Å². The Morgan fingerprint density at radius 3 is 2.47 bits per heavy atom. The van der Waals surface area contributed by atoms with E-state index in [0.29, 0.717) is 17.5 Å². The van der Waals surface area contributed by atoms with Crippen LogP contribution >= 0.6 is 0 Å². The van der Waals surface area contributed by atoms with Crippen LogP contribution in [0.1, 0.15) is 12.5 Å². The zero-order chi connectivity index (χ0) is 13.8. The third kappa shape index (κ3) is 3.11. The molecule has 1 atom stereocenters. The summed E-state index contributed by atoms with van der Waals surface area (Å²) in [5.74, 6) is 0.925. The first kappa shape index (κ1) is 14.0. The van der Waals surface area contributed by atoms with Crippen molar-refractivity contribution < 1.29 is 19.3 Å². The molecule has 5 heteroatoms. The zero-order valence-electron chi connectivity index (χ0n) is 11.7. The molecule has 5 nitrogen and oxygen atoms in total. The number of phenolic OH excluding ortho intramolecular Hbond substituents is 1. The summed E-state index contributed by atoms with van der Waals surface area (Å²) in [6.45, 7) is 5.36. The first-order chi connectivity index (χ1) is 9.15. The lowest BCUT2D eigenvalue weighted by Gasteiger charge is -2.33. The quantitative estimate of drug-likeness (QED) is 0.898. The van der Waals surface area contributed by atoms with Gasteiger partial charge >= 0.3 is 0 Å². The smallest absolute Gasteiger partial charge is 0.200 e. The van der Waals surface area contributed by atoms with Gasteiger partial charge in [0.15, 0.2) is 11.5 Å². The molecule has 1 unspecified atom stereocenters. The largest absolute Gasteiger partial charge is 0.502 e. The van der Waals surface area contributed by atoms with Gasteiger partial charge in [0.2, 0.25) is 5.75 Å². The molecule has 0 amide bonds. The molecule has 0 bridgehead atoms. The molecule has 1 fully saturated rings. The van der Waals surface area contributed by atoms with E-state index >= 15 is 0 Å². The van der Waals surface area contributed by atoms with Crippen LogP contribution < -0.4 is 9.47 Å². The second-order valence-corrected chi connectivity index (χ2v) is 4.74.